The molecule has 19 heavy (non-hydrogen) atoms. The van der Waals surface area contributed by atoms with Crippen LogP contribution in [0.3, 0.4) is 0 Å². The molecule has 2 N–H and O–H groups in total. The van der Waals surface area contributed by atoms with Crippen LogP contribution in [0.25, 0.3) is 22.2 Å². The third kappa shape index (κ3) is 1.78. The standard InChI is InChI=1S/C15H12N2O2/c1-9-4-2-3-5-10(9)11-6-7-12(15(16)18)13-14(11)19-8-17-13/h2-8H,1H3,(H2,16,18). The van der Waals surface area contributed by atoms with Gasteiger partial charge in [-0.25, -0.2) is 4.98 Å². The fourth-order valence-corrected chi connectivity index (χ4v) is 2.24. The SMILES string of the molecule is Cc1ccccc1-c1ccc(C(N)=O)c2ncoc12. The van der Waals surface area contributed by atoms with E-state index in [1.165, 1.54) is 6.39 Å². The van der Waals surface area contributed by atoms with E-state index < -0.39 is 5.91 Å². The third-order valence-electron chi connectivity index (χ3n) is 3.18. The number of aromatic nitrogens is 1. The van der Waals surface area contributed by atoms with E-state index in [2.05, 4.69) is 4.98 Å². The fourth-order valence-electron chi connectivity index (χ4n) is 2.24. The van der Waals surface area contributed by atoms with Gasteiger partial charge in [-0.15, -0.1) is 0 Å². The van der Waals surface area contributed by atoms with Crippen molar-refractivity contribution < 1.29 is 9.21 Å². The molecule has 1 aromatic heterocycles. The lowest BCUT2D eigenvalue weighted by atomic mass is 9.98. The highest BCUT2D eigenvalue weighted by atomic mass is 16.3. The monoisotopic (exact) mass is 252 g/mol. The van der Waals surface area contributed by atoms with E-state index in [0.717, 1.165) is 16.7 Å². The van der Waals surface area contributed by atoms with Crippen molar-refractivity contribution >= 4 is 17.0 Å². The van der Waals surface area contributed by atoms with Gasteiger partial charge in [0.25, 0.3) is 5.91 Å². The summed E-state index contributed by atoms with van der Waals surface area (Å²) in [4.78, 5) is 15.5. The van der Waals surface area contributed by atoms with Gasteiger partial charge in [0.2, 0.25) is 0 Å². The minimum atomic E-state index is -0.504. The van der Waals surface area contributed by atoms with Gasteiger partial charge in [0.1, 0.15) is 5.52 Å². The highest BCUT2D eigenvalue weighted by Gasteiger charge is 2.15. The van der Waals surface area contributed by atoms with Crippen LogP contribution in [-0.2, 0) is 0 Å². The van der Waals surface area contributed by atoms with Gasteiger partial charge in [0.15, 0.2) is 12.0 Å². The fraction of sp³-hybridized carbons (Fsp3) is 0.0667. The van der Waals surface area contributed by atoms with Crippen molar-refractivity contribution in [3.8, 4) is 11.1 Å². The number of carbonyl (C=O) groups excluding carboxylic acids is 1. The summed E-state index contributed by atoms with van der Waals surface area (Å²) in [5.74, 6) is -0.504. The highest BCUT2D eigenvalue weighted by molar-refractivity contribution is 6.07. The van der Waals surface area contributed by atoms with Gasteiger partial charge >= 0.3 is 0 Å². The van der Waals surface area contributed by atoms with Crippen molar-refractivity contribution in [1.82, 2.24) is 4.98 Å². The van der Waals surface area contributed by atoms with Gasteiger partial charge < -0.3 is 10.2 Å². The lowest BCUT2D eigenvalue weighted by Gasteiger charge is -2.07. The van der Waals surface area contributed by atoms with Crippen LogP contribution in [0.2, 0.25) is 0 Å². The Morgan fingerprint density at radius 2 is 1.95 bits per heavy atom. The highest BCUT2D eigenvalue weighted by Crippen LogP contribution is 2.31. The van der Waals surface area contributed by atoms with Crippen LogP contribution in [0.5, 0.6) is 0 Å². The van der Waals surface area contributed by atoms with Crippen molar-refractivity contribution in [2.75, 3.05) is 0 Å². The Morgan fingerprint density at radius 3 is 2.68 bits per heavy atom. The molecule has 2 aromatic carbocycles. The second-order valence-electron chi connectivity index (χ2n) is 4.37. The molecule has 0 atom stereocenters. The average molecular weight is 252 g/mol. The van der Waals surface area contributed by atoms with E-state index in [0.29, 0.717) is 16.7 Å². The molecule has 1 amide bonds. The number of primary amides is 1. The van der Waals surface area contributed by atoms with Gasteiger partial charge in [-0.05, 0) is 30.2 Å². The Bertz CT molecular complexity index is 775. The summed E-state index contributed by atoms with van der Waals surface area (Å²) >= 11 is 0. The molecule has 0 saturated heterocycles. The lowest BCUT2D eigenvalue weighted by Crippen LogP contribution is -2.11. The van der Waals surface area contributed by atoms with Crippen molar-refractivity contribution in [3.63, 3.8) is 0 Å². The van der Waals surface area contributed by atoms with Gasteiger partial charge in [-0.3, -0.25) is 4.79 Å². The minimum Gasteiger partial charge on any atom is -0.443 e. The first kappa shape index (κ1) is 11.5. The Kier molecular flexibility index (Phi) is 2.56. The van der Waals surface area contributed by atoms with Crippen LogP contribution in [0.15, 0.2) is 47.2 Å². The van der Waals surface area contributed by atoms with Gasteiger partial charge in [-0.1, -0.05) is 24.3 Å². The molecule has 0 radical (unpaired) electrons. The summed E-state index contributed by atoms with van der Waals surface area (Å²) in [6.07, 6.45) is 1.33. The van der Waals surface area contributed by atoms with Crippen LogP contribution in [0, 0.1) is 6.92 Å². The van der Waals surface area contributed by atoms with E-state index in [9.17, 15) is 4.79 Å². The number of oxazole rings is 1. The maximum atomic E-state index is 11.4. The van der Waals surface area contributed by atoms with Crippen molar-refractivity contribution in [1.29, 1.82) is 0 Å². The molecule has 0 aliphatic heterocycles. The summed E-state index contributed by atoms with van der Waals surface area (Å²) in [6, 6.07) is 11.5. The van der Waals surface area contributed by atoms with Crippen LogP contribution in [-0.4, -0.2) is 10.9 Å². The molecule has 0 aliphatic carbocycles. The summed E-state index contributed by atoms with van der Waals surface area (Å²) in [5.41, 5.74) is 9.91. The number of benzene rings is 2. The molecule has 0 saturated carbocycles. The van der Waals surface area contributed by atoms with Crippen LogP contribution >= 0.6 is 0 Å². The number of hydrogen-bond donors (Lipinski definition) is 1. The van der Waals surface area contributed by atoms with E-state index in [1.54, 1.807) is 6.07 Å². The van der Waals surface area contributed by atoms with Crippen LogP contribution in [0.4, 0.5) is 0 Å². The molecule has 0 aliphatic rings. The summed E-state index contributed by atoms with van der Waals surface area (Å²) in [5, 5.41) is 0. The molecule has 1 heterocycles. The molecular formula is C15H12N2O2. The molecule has 3 rings (SSSR count). The van der Waals surface area contributed by atoms with Crippen LogP contribution in [0.1, 0.15) is 15.9 Å². The molecule has 0 fully saturated rings. The van der Waals surface area contributed by atoms with Crippen molar-refractivity contribution in [2.45, 2.75) is 6.92 Å². The van der Waals surface area contributed by atoms with Gasteiger partial charge in [0, 0.05) is 5.56 Å². The zero-order chi connectivity index (χ0) is 13.4. The Balaban J connectivity index is 2.33. The number of fused-ring (bicyclic) bond motifs is 1. The second-order valence-corrected chi connectivity index (χ2v) is 4.37. The normalized spacial score (nSPS) is 10.8. The number of nitrogens with two attached hydrogens (primary N) is 1. The maximum absolute atomic E-state index is 11.4. The zero-order valence-corrected chi connectivity index (χ0v) is 10.4. The van der Waals surface area contributed by atoms with E-state index >= 15 is 0 Å². The first-order valence-electron chi connectivity index (χ1n) is 5.90. The Hall–Kier alpha value is -2.62. The van der Waals surface area contributed by atoms with Crippen LogP contribution < -0.4 is 5.73 Å². The number of carbonyl (C=O) groups is 1. The molecule has 4 heteroatoms. The van der Waals surface area contributed by atoms with Gasteiger partial charge in [-0.2, -0.15) is 0 Å². The smallest absolute Gasteiger partial charge is 0.251 e. The molecular weight excluding hydrogens is 240 g/mol. The number of nitrogens with zero attached hydrogens (tertiary/aromatic N) is 1. The predicted molar refractivity (Wildman–Crippen MR) is 72.7 cm³/mol. The topological polar surface area (TPSA) is 69.1 Å². The third-order valence-corrected chi connectivity index (χ3v) is 3.18. The maximum Gasteiger partial charge on any atom is 0.251 e. The van der Waals surface area contributed by atoms with Crippen molar-refractivity contribution in [2.24, 2.45) is 5.73 Å². The average Bonchev–Trinajstić information content (AvgIpc) is 2.87. The van der Waals surface area contributed by atoms with E-state index in [-0.39, 0.29) is 0 Å². The van der Waals surface area contributed by atoms with Gasteiger partial charge in [0.05, 0.1) is 5.56 Å². The van der Waals surface area contributed by atoms with Crippen molar-refractivity contribution in [3.05, 3.63) is 53.9 Å². The van der Waals surface area contributed by atoms with E-state index in [1.807, 2.05) is 37.3 Å². The molecule has 0 bridgehead atoms. The molecule has 4 nitrogen and oxygen atoms in total. The number of aryl methyl sites for hydroxylation is 1. The molecule has 0 unspecified atom stereocenters. The predicted octanol–water partition coefficient (Wildman–Crippen LogP) is 2.90. The number of amides is 1. The molecule has 3 aromatic rings. The lowest BCUT2D eigenvalue weighted by molar-refractivity contribution is 0.100. The quantitative estimate of drug-likeness (QED) is 0.762. The number of hydrogen-bond acceptors (Lipinski definition) is 3. The summed E-state index contributed by atoms with van der Waals surface area (Å²) in [6.45, 7) is 2.03. The molecule has 94 valence electrons. The first-order valence-corrected chi connectivity index (χ1v) is 5.90. The summed E-state index contributed by atoms with van der Waals surface area (Å²) in [7, 11) is 0. The van der Waals surface area contributed by atoms with E-state index in [4.69, 9.17) is 10.2 Å². The molecule has 0 spiro atoms. The zero-order valence-electron chi connectivity index (χ0n) is 10.4. The number of rotatable bonds is 2. The summed E-state index contributed by atoms with van der Waals surface area (Å²) < 4.78 is 5.43. The largest absolute Gasteiger partial charge is 0.443 e. The first-order chi connectivity index (χ1) is 9.18. The Labute approximate surface area is 109 Å². The second kappa shape index (κ2) is 4.24. The minimum absolute atomic E-state index is 0.376. The Morgan fingerprint density at radius 1 is 1.16 bits per heavy atom.